The second-order valence-electron chi connectivity index (χ2n) is 4.82. The molecular weight excluding hydrogens is 322 g/mol. The summed E-state index contributed by atoms with van der Waals surface area (Å²) in [6.07, 6.45) is 1.54. The van der Waals surface area contributed by atoms with Crippen LogP contribution >= 0.6 is 0 Å². The lowest BCUT2D eigenvalue weighted by Crippen LogP contribution is -2.33. The maximum atomic E-state index is 12.3. The van der Waals surface area contributed by atoms with Gasteiger partial charge in [-0.25, -0.2) is 0 Å². The minimum atomic E-state index is -2.92. The monoisotopic (exact) mass is 340 g/mol. The van der Waals surface area contributed by atoms with Crippen molar-refractivity contribution in [3.05, 3.63) is 47.9 Å². The van der Waals surface area contributed by atoms with Crippen molar-refractivity contribution in [3.8, 4) is 11.5 Å². The predicted molar refractivity (Wildman–Crippen MR) is 81.9 cm³/mol. The topological polar surface area (TPSA) is 72.7 Å². The van der Waals surface area contributed by atoms with Crippen LogP contribution in [0, 0.1) is 0 Å². The summed E-state index contributed by atoms with van der Waals surface area (Å²) >= 11 is 0. The Balaban J connectivity index is 1.78. The third-order valence-electron chi connectivity index (χ3n) is 3.10. The van der Waals surface area contributed by atoms with Gasteiger partial charge in [-0.1, -0.05) is 6.07 Å². The van der Waals surface area contributed by atoms with E-state index >= 15 is 0 Å². The van der Waals surface area contributed by atoms with Gasteiger partial charge in [0.25, 0.3) is 0 Å². The molecule has 0 spiro atoms. The highest BCUT2D eigenvalue weighted by atomic mass is 19.3. The zero-order valence-corrected chi connectivity index (χ0v) is 13.1. The van der Waals surface area contributed by atoms with Crippen molar-refractivity contribution in [2.45, 2.75) is 19.7 Å². The normalized spacial score (nSPS) is 10.7. The van der Waals surface area contributed by atoms with Crippen molar-refractivity contribution < 1.29 is 27.5 Å². The van der Waals surface area contributed by atoms with Crippen LogP contribution in [0.15, 0.2) is 41.0 Å². The second kappa shape index (κ2) is 8.88. The lowest BCUT2D eigenvalue weighted by atomic mass is 10.2. The smallest absolute Gasteiger partial charge is 0.387 e. The first kappa shape index (κ1) is 17.7. The van der Waals surface area contributed by atoms with Gasteiger partial charge < -0.3 is 24.5 Å². The predicted octanol–water partition coefficient (Wildman–Crippen LogP) is 2.30. The molecule has 0 unspecified atom stereocenters. The highest BCUT2D eigenvalue weighted by Crippen LogP contribution is 2.29. The van der Waals surface area contributed by atoms with Gasteiger partial charge in [0.1, 0.15) is 5.76 Å². The molecule has 6 nitrogen and oxygen atoms in total. The Bertz CT molecular complexity index is 648. The van der Waals surface area contributed by atoms with Gasteiger partial charge >= 0.3 is 6.61 Å². The van der Waals surface area contributed by atoms with E-state index in [0.29, 0.717) is 18.8 Å². The summed E-state index contributed by atoms with van der Waals surface area (Å²) in [5, 5.41) is 5.66. The van der Waals surface area contributed by atoms with Gasteiger partial charge in [-0.3, -0.25) is 4.79 Å². The molecule has 1 amide bonds. The summed E-state index contributed by atoms with van der Waals surface area (Å²) in [5.74, 6) is 0.656. The van der Waals surface area contributed by atoms with Gasteiger partial charge in [-0.15, -0.1) is 0 Å². The Hall–Kier alpha value is -2.61. The van der Waals surface area contributed by atoms with Crippen LogP contribution in [0.1, 0.15) is 11.3 Å². The molecular formula is C16H18F2N2O4. The molecule has 0 saturated carbocycles. The molecule has 1 aromatic carbocycles. The number of carbonyl (C=O) groups is 1. The Morgan fingerprint density at radius 3 is 2.75 bits per heavy atom. The maximum Gasteiger partial charge on any atom is 0.387 e. The molecule has 0 aliphatic rings. The van der Waals surface area contributed by atoms with Crippen molar-refractivity contribution in [1.82, 2.24) is 10.6 Å². The standard InChI is InChI=1S/C16H18F2N2O4/c1-22-14-7-11(4-5-13(14)24-16(17)18)8-19-10-15(21)20-9-12-3-2-6-23-12/h2-7,16,19H,8-10H2,1H3,(H,20,21). The fourth-order valence-electron chi connectivity index (χ4n) is 2.00. The van der Waals surface area contributed by atoms with E-state index in [9.17, 15) is 13.6 Å². The maximum absolute atomic E-state index is 12.3. The molecule has 0 aliphatic heterocycles. The molecule has 24 heavy (non-hydrogen) atoms. The number of alkyl halides is 2. The van der Waals surface area contributed by atoms with Gasteiger partial charge in [-0.2, -0.15) is 8.78 Å². The first-order valence-corrected chi connectivity index (χ1v) is 7.20. The van der Waals surface area contributed by atoms with Crippen molar-refractivity contribution in [2.75, 3.05) is 13.7 Å². The molecule has 2 rings (SSSR count). The molecule has 130 valence electrons. The van der Waals surface area contributed by atoms with Gasteiger partial charge in [0.15, 0.2) is 11.5 Å². The zero-order chi connectivity index (χ0) is 17.4. The lowest BCUT2D eigenvalue weighted by molar-refractivity contribution is -0.120. The van der Waals surface area contributed by atoms with Crippen LogP contribution in [0.2, 0.25) is 0 Å². The number of furan rings is 1. The number of ether oxygens (including phenoxy) is 2. The Morgan fingerprint density at radius 1 is 1.25 bits per heavy atom. The first-order valence-electron chi connectivity index (χ1n) is 7.20. The molecule has 1 heterocycles. The van der Waals surface area contributed by atoms with Crippen LogP contribution in [-0.4, -0.2) is 26.2 Å². The zero-order valence-electron chi connectivity index (χ0n) is 13.1. The van der Waals surface area contributed by atoms with Crippen LogP contribution in [0.4, 0.5) is 8.78 Å². The van der Waals surface area contributed by atoms with Crippen LogP contribution in [0.25, 0.3) is 0 Å². The average Bonchev–Trinajstić information content (AvgIpc) is 3.07. The Morgan fingerprint density at radius 2 is 2.08 bits per heavy atom. The van der Waals surface area contributed by atoms with E-state index < -0.39 is 6.61 Å². The van der Waals surface area contributed by atoms with E-state index in [4.69, 9.17) is 9.15 Å². The van der Waals surface area contributed by atoms with E-state index in [1.807, 2.05) is 0 Å². The number of benzene rings is 1. The van der Waals surface area contributed by atoms with Crippen molar-refractivity contribution in [1.29, 1.82) is 0 Å². The number of hydrogen-bond donors (Lipinski definition) is 2. The van der Waals surface area contributed by atoms with Crippen LogP contribution in [0.3, 0.4) is 0 Å². The van der Waals surface area contributed by atoms with Crippen LogP contribution in [0.5, 0.6) is 11.5 Å². The number of amides is 1. The molecule has 0 atom stereocenters. The SMILES string of the molecule is COc1cc(CNCC(=O)NCc2ccco2)ccc1OC(F)F. The number of nitrogens with one attached hydrogen (secondary N) is 2. The van der Waals surface area contributed by atoms with Crippen LogP contribution < -0.4 is 20.1 Å². The van der Waals surface area contributed by atoms with Crippen molar-refractivity contribution >= 4 is 5.91 Å². The molecule has 0 fully saturated rings. The quantitative estimate of drug-likeness (QED) is 0.733. The fraction of sp³-hybridized carbons (Fsp3) is 0.312. The average molecular weight is 340 g/mol. The molecule has 0 saturated heterocycles. The Labute approximate surface area is 137 Å². The lowest BCUT2D eigenvalue weighted by Gasteiger charge is -2.12. The molecule has 8 heteroatoms. The fourth-order valence-corrected chi connectivity index (χ4v) is 2.00. The van der Waals surface area contributed by atoms with E-state index in [1.165, 1.54) is 19.4 Å². The number of halogens is 2. The number of methoxy groups -OCH3 is 1. The van der Waals surface area contributed by atoms with Gasteiger partial charge in [-0.05, 0) is 29.8 Å². The summed E-state index contributed by atoms with van der Waals surface area (Å²) in [6.45, 7) is -2.11. The van der Waals surface area contributed by atoms with Gasteiger partial charge in [0, 0.05) is 6.54 Å². The van der Waals surface area contributed by atoms with Crippen molar-refractivity contribution in [3.63, 3.8) is 0 Å². The third-order valence-corrected chi connectivity index (χ3v) is 3.10. The number of carbonyl (C=O) groups excluding carboxylic acids is 1. The molecule has 0 aliphatic carbocycles. The molecule has 0 bridgehead atoms. The highest BCUT2D eigenvalue weighted by molar-refractivity contribution is 5.77. The third kappa shape index (κ3) is 5.54. The summed E-state index contributed by atoms with van der Waals surface area (Å²) < 4.78 is 39.0. The van der Waals surface area contributed by atoms with E-state index in [1.54, 1.807) is 24.3 Å². The summed E-state index contributed by atoms with van der Waals surface area (Å²) in [4.78, 5) is 11.7. The highest BCUT2D eigenvalue weighted by Gasteiger charge is 2.11. The molecule has 2 N–H and O–H groups in total. The van der Waals surface area contributed by atoms with Gasteiger partial charge in [0.05, 0.1) is 26.5 Å². The minimum absolute atomic E-state index is 0.0348. The largest absolute Gasteiger partial charge is 0.493 e. The van der Waals surface area contributed by atoms with Crippen molar-refractivity contribution in [2.24, 2.45) is 0 Å². The van der Waals surface area contributed by atoms with Gasteiger partial charge in [0.2, 0.25) is 5.91 Å². The van der Waals surface area contributed by atoms with E-state index in [-0.39, 0.29) is 24.0 Å². The molecule has 1 aromatic heterocycles. The molecule has 0 radical (unpaired) electrons. The summed E-state index contributed by atoms with van der Waals surface area (Å²) in [5.41, 5.74) is 0.771. The van der Waals surface area contributed by atoms with E-state index in [2.05, 4.69) is 15.4 Å². The number of hydrogen-bond acceptors (Lipinski definition) is 5. The van der Waals surface area contributed by atoms with E-state index in [0.717, 1.165) is 5.56 Å². The minimum Gasteiger partial charge on any atom is -0.493 e. The summed E-state index contributed by atoms with van der Waals surface area (Å²) in [7, 11) is 1.37. The van der Waals surface area contributed by atoms with Crippen LogP contribution in [-0.2, 0) is 17.9 Å². The second-order valence-corrected chi connectivity index (χ2v) is 4.82. The summed E-state index contributed by atoms with van der Waals surface area (Å²) in [6, 6.07) is 8.11. The first-order chi connectivity index (χ1) is 11.6. The molecule has 2 aromatic rings. The number of rotatable bonds is 9. The Kier molecular flexibility index (Phi) is 6.56.